The summed E-state index contributed by atoms with van der Waals surface area (Å²) in [6, 6.07) is 0. The highest BCUT2D eigenvalue weighted by Gasteiger charge is 2.13. The van der Waals surface area contributed by atoms with Crippen LogP contribution in [0.5, 0.6) is 0 Å². The molecule has 12 heavy (non-hydrogen) atoms. The zero-order valence-corrected chi connectivity index (χ0v) is 7.58. The first-order valence-electron chi connectivity index (χ1n) is 4.57. The molecule has 0 saturated heterocycles. The molecule has 0 saturated carbocycles. The molecule has 1 unspecified atom stereocenters. The molecule has 1 radical (unpaired) electrons. The van der Waals surface area contributed by atoms with E-state index in [9.17, 15) is 9.90 Å². The molecule has 3 nitrogen and oxygen atoms in total. The molecule has 0 aliphatic heterocycles. The minimum Gasteiger partial charge on any atom is -0.381 e. The zero-order chi connectivity index (χ0) is 9.40. The highest BCUT2D eigenvalue weighted by atomic mass is 16.4. The van der Waals surface area contributed by atoms with Crippen LogP contribution in [0.3, 0.4) is 0 Å². The van der Waals surface area contributed by atoms with Gasteiger partial charge in [0.2, 0.25) is 0 Å². The SMILES string of the molecule is CCCCCCCC(O)C([O])=O. The van der Waals surface area contributed by atoms with E-state index in [0.717, 1.165) is 19.3 Å². The summed E-state index contributed by atoms with van der Waals surface area (Å²) in [6.07, 6.45) is 4.30. The summed E-state index contributed by atoms with van der Waals surface area (Å²) in [5, 5.41) is 18.9. The van der Waals surface area contributed by atoms with Crippen LogP contribution < -0.4 is 0 Å². The molecule has 0 rings (SSSR count). The second-order valence-electron chi connectivity index (χ2n) is 3.04. The molecule has 0 spiro atoms. The Hall–Kier alpha value is -0.570. The predicted octanol–water partition coefficient (Wildman–Crippen LogP) is 1.66. The Labute approximate surface area is 73.4 Å². The molecular formula is C9H17O3. The van der Waals surface area contributed by atoms with Gasteiger partial charge in [-0.2, -0.15) is 0 Å². The molecule has 0 aromatic carbocycles. The van der Waals surface area contributed by atoms with Crippen LogP contribution in [0.2, 0.25) is 0 Å². The van der Waals surface area contributed by atoms with Gasteiger partial charge in [-0.3, -0.25) is 0 Å². The van der Waals surface area contributed by atoms with Crippen molar-refractivity contribution < 1.29 is 15.0 Å². The molecule has 1 N–H and O–H groups in total. The first kappa shape index (κ1) is 11.4. The van der Waals surface area contributed by atoms with E-state index in [1.54, 1.807) is 0 Å². The summed E-state index contributed by atoms with van der Waals surface area (Å²) in [5.74, 6) is -1.36. The van der Waals surface area contributed by atoms with Crippen molar-refractivity contribution in [3.8, 4) is 0 Å². The molecule has 0 amide bonds. The van der Waals surface area contributed by atoms with Gasteiger partial charge in [0.05, 0.1) is 0 Å². The second kappa shape index (κ2) is 7.10. The van der Waals surface area contributed by atoms with E-state index in [4.69, 9.17) is 5.11 Å². The van der Waals surface area contributed by atoms with Crippen molar-refractivity contribution in [1.82, 2.24) is 0 Å². The Morgan fingerprint density at radius 2 is 1.83 bits per heavy atom. The highest BCUT2D eigenvalue weighted by Crippen LogP contribution is 2.07. The Morgan fingerprint density at radius 1 is 1.25 bits per heavy atom. The van der Waals surface area contributed by atoms with E-state index < -0.39 is 12.1 Å². The average molecular weight is 173 g/mol. The van der Waals surface area contributed by atoms with E-state index in [1.807, 2.05) is 0 Å². The lowest BCUT2D eigenvalue weighted by atomic mass is 10.1. The minimum absolute atomic E-state index is 0.325. The molecule has 0 heterocycles. The molecular weight excluding hydrogens is 156 g/mol. The fraction of sp³-hybridized carbons (Fsp3) is 0.889. The molecule has 1 atom stereocenters. The second-order valence-corrected chi connectivity index (χ2v) is 3.04. The van der Waals surface area contributed by atoms with Crippen LogP contribution in [0.1, 0.15) is 45.4 Å². The maximum atomic E-state index is 10.1. The largest absolute Gasteiger partial charge is 0.383 e. The molecule has 0 bridgehead atoms. The lowest BCUT2D eigenvalue weighted by Gasteiger charge is -2.02. The van der Waals surface area contributed by atoms with Crippen LogP contribution >= 0.6 is 0 Å². The summed E-state index contributed by atoms with van der Waals surface area (Å²) >= 11 is 0. The van der Waals surface area contributed by atoms with Gasteiger partial charge in [-0.1, -0.05) is 39.0 Å². The summed E-state index contributed by atoms with van der Waals surface area (Å²) in [6.45, 7) is 2.12. The van der Waals surface area contributed by atoms with Crippen molar-refractivity contribution in [2.75, 3.05) is 0 Å². The summed E-state index contributed by atoms with van der Waals surface area (Å²) in [4.78, 5) is 10.1. The van der Waals surface area contributed by atoms with Gasteiger partial charge in [-0.05, 0) is 6.42 Å². The van der Waals surface area contributed by atoms with Crippen molar-refractivity contribution in [1.29, 1.82) is 0 Å². The molecule has 3 heteroatoms. The number of aliphatic hydroxyl groups excluding tert-OH is 1. The maximum Gasteiger partial charge on any atom is 0.383 e. The molecule has 0 aliphatic carbocycles. The smallest absolute Gasteiger partial charge is 0.381 e. The lowest BCUT2D eigenvalue weighted by molar-refractivity contribution is -0.153. The van der Waals surface area contributed by atoms with Gasteiger partial charge in [0.25, 0.3) is 0 Å². The van der Waals surface area contributed by atoms with Crippen molar-refractivity contribution >= 4 is 5.97 Å². The van der Waals surface area contributed by atoms with E-state index in [2.05, 4.69) is 6.92 Å². The van der Waals surface area contributed by atoms with E-state index in [0.29, 0.717) is 6.42 Å². The third-order valence-electron chi connectivity index (χ3n) is 1.85. The maximum absolute atomic E-state index is 10.1. The summed E-state index contributed by atoms with van der Waals surface area (Å²) < 4.78 is 0. The molecule has 0 aromatic heterocycles. The van der Waals surface area contributed by atoms with Crippen LogP contribution in [0.15, 0.2) is 0 Å². The molecule has 0 aromatic rings. The van der Waals surface area contributed by atoms with Crippen LogP contribution in [-0.4, -0.2) is 17.2 Å². The number of hydrogen-bond acceptors (Lipinski definition) is 2. The van der Waals surface area contributed by atoms with Crippen LogP contribution in [0.4, 0.5) is 0 Å². The van der Waals surface area contributed by atoms with Gasteiger partial charge in [-0.25, -0.2) is 9.90 Å². The third kappa shape index (κ3) is 6.16. The molecule has 0 aliphatic rings. The Kier molecular flexibility index (Phi) is 6.76. The fourth-order valence-corrected chi connectivity index (χ4v) is 1.06. The standard InChI is InChI=1S/C9H17O3/c1-2-3-4-5-6-7-8(10)9(11)12/h8,10H,2-7H2,1H3. The Morgan fingerprint density at radius 3 is 2.33 bits per heavy atom. The number of rotatable bonds is 7. The predicted molar refractivity (Wildman–Crippen MR) is 45.1 cm³/mol. The van der Waals surface area contributed by atoms with E-state index in [-0.39, 0.29) is 0 Å². The van der Waals surface area contributed by atoms with Crippen LogP contribution in [0.25, 0.3) is 0 Å². The normalized spacial score (nSPS) is 12.8. The number of hydrogen-bond donors (Lipinski definition) is 1. The number of carbonyl (C=O) groups excluding carboxylic acids is 1. The van der Waals surface area contributed by atoms with Gasteiger partial charge >= 0.3 is 5.97 Å². The first-order valence-corrected chi connectivity index (χ1v) is 4.57. The fourth-order valence-electron chi connectivity index (χ4n) is 1.06. The topological polar surface area (TPSA) is 57.2 Å². The van der Waals surface area contributed by atoms with Gasteiger partial charge in [0.1, 0.15) is 0 Å². The van der Waals surface area contributed by atoms with Gasteiger partial charge in [0, 0.05) is 0 Å². The van der Waals surface area contributed by atoms with Crippen molar-refractivity contribution in [2.45, 2.75) is 51.6 Å². The van der Waals surface area contributed by atoms with Crippen molar-refractivity contribution in [3.05, 3.63) is 0 Å². The first-order chi connectivity index (χ1) is 5.68. The zero-order valence-electron chi connectivity index (χ0n) is 7.58. The molecule has 0 fully saturated rings. The quantitative estimate of drug-likeness (QED) is 0.595. The molecule has 71 valence electrons. The number of unbranched alkanes of at least 4 members (excludes halogenated alkanes) is 4. The average Bonchev–Trinajstić information content (AvgIpc) is 2.03. The van der Waals surface area contributed by atoms with Crippen molar-refractivity contribution in [2.24, 2.45) is 0 Å². The monoisotopic (exact) mass is 173 g/mol. The lowest BCUT2D eigenvalue weighted by Crippen LogP contribution is -2.17. The van der Waals surface area contributed by atoms with Crippen LogP contribution in [0, 0.1) is 0 Å². The summed E-state index contributed by atoms with van der Waals surface area (Å²) in [7, 11) is 0. The summed E-state index contributed by atoms with van der Waals surface area (Å²) in [5.41, 5.74) is 0. The van der Waals surface area contributed by atoms with Gasteiger partial charge in [-0.15, -0.1) is 0 Å². The van der Waals surface area contributed by atoms with Gasteiger partial charge in [0.15, 0.2) is 6.10 Å². The Balaban J connectivity index is 3.14. The van der Waals surface area contributed by atoms with E-state index >= 15 is 0 Å². The minimum atomic E-state index is -1.36. The third-order valence-corrected chi connectivity index (χ3v) is 1.85. The van der Waals surface area contributed by atoms with Crippen molar-refractivity contribution in [3.63, 3.8) is 0 Å². The van der Waals surface area contributed by atoms with E-state index in [1.165, 1.54) is 12.8 Å². The number of carbonyl (C=O) groups is 1. The number of aliphatic hydroxyl groups is 1. The Bertz CT molecular complexity index is 123. The highest BCUT2D eigenvalue weighted by molar-refractivity contribution is 5.71. The van der Waals surface area contributed by atoms with Gasteiger partial charge < -0.3 is 5.11 Å². The van der Waals surface area contributed by atoms with Crippen LogP contribution in [-0.2, 0) is 9.90 Å².